The quantitative estimate of drug-likeness (QED) is 0.730. The highest BCUT2D eigenvalue weighted by atomic mass is 16.1. The van der Waals surface area contributed by atoms with Gasteiger partial charge in [-0.05, 0) is 43.5 Å². The Morgan fingerprint density at radius 3 is 3.00 bits per heavy atom. The molecule has 0 spiro atoms. The molecule has 3 heterocycles. The van der Waals surface area contributed by atoms with Crippen LogP contribution in [0.5, 0.6) is 0 Å². The van der Waals surface area contributed by atoms with Crippen LogP contribution in [0, 0.1) is 6.92 Å². The molecule has 0 saturated carbocycles. The molecule has 0 N–H and O–H groups in total. The molecule has 0 unspecified atom stereocenters. The summed E-state index contributed by atoms with van der Waals surface area (Å²) in [5.41, 5.74) is 5.48. The molecule has 0 fully saturated rings. The highest BCUT2D eigenvalue weighted by Gasteiger charge is 2.17. The van der Waals surface area contributed by atoms with Crippen molar-refractivity contribution in [2.75, 3.05) is 11.4 Å². The number of aryl methyl sites for hydroxylation is 2. The molecule has 0 amide bonds. The third kappa shape index (κ3) is 2.61. The molecule has 0 radical (unpaired) electrons. The van der Waals surface area contributed by atoms with Crippen LogP contribution >= 0.6 is 0 Å². The molecule has 1 aliphatic heterocycles. The highest BCUT2D eigenvalue weighted by Crippen LogP contribution is 2.28. The molecule has 0 atom stereocenters. The van der Waals surface area contributed by atoms with Crippen LogP contribution in [0.15, 0.2) is 53.5 Å². The lowest BCUT2D eigenvalue weighted by Gasteiger charge is -2.31. The van der Waals surface area contributed by atoms with E-state index in [2.05, 4.69) is 35.0 Å². The van der Waals surface area contributed by atoms with Crippen LogP contribution in [-0.2, 0) is 13.0 Å². The first-order valence-electron chi connectivity index (χ1n) is 8.02. The molecule has 0 saturated heterocycles. The number of benzene rings is 1. The molecular weight excluding hydrogens is 286 g/mol. The maximum absolute atomic E-state index is 12.2. The number of hydrogen-bond donors (Lipinski definition) is 0. The highest BCUT2D eigenvalue weighted by molar-refractivity contribution is 5.57. The van der Waals surface area contributed by atoms with Gasteiger partial charge in [-0.2, -0.15) is 0 Å². The van der Waals surface area contributed by atoms with Gasteiger partial charge in [-0.25, -0.2) is 4.98 Å². The van der Waals surface area contributed by atoms with Gasteiger partial charge in [-0.1, -0.05) is 23.8 Å². The van der Waals surface area contributed by atoms with E-state index < -0.39 is 0 Å². The zero-order valence-corrected chi connectivity index (χ0v) is 13.2. The van der Waals surface area contributed by atoms with Crippen molar-refractivity contribution < 1.29 is 0 Å². The first kappa shape index (κ1) is 14.0. The van der Waals surface area contributed by atoms with E-state index in [1.165, 1.54) is 16.8 Å². The topological polar surface area (TPSA) is 37.6 Å². The second kappa shape index (κ2) is 5.54. The van der Waals surface area contributed by atoms with Crippen LogP contribution in [0.25, 0.3) is 5.65 Å². The Labute approximate surface area is 135 Å². The summed E-state index contributed by atoms with van der Waals surface area (Å²) in [5, 5.41) is 0. The average molecular weight is 305 g/mol. The molecule has 0 aliphatic carbocycles. The Hall–Kier alpha value is -2.62. The summed E-state index contributed by atoms with van der Waals surface area (Å²) in [5.74, 6) is 0. The van der Waals surface area contributed by atoms with Crippen LogP contribution in [0.4, 0.5) is 5.69 Å². The second-order valence-electron chi connectivity index (χ2n) is 6.17. The van der Waals surface area contributed by atoms with Crippen LogP contribution in [0.2, 0.25) is 0 Å². The fraction of sp³-hybridized carbons (Fsp3) is 0.263. The van der Waals surface area contributed by atoms with E-state index in [-0.39, 0.29) is 5.56 Å². The second-order valence-corrected chi connectivity index (χ2v) is 6.17. The van der Waals surface area contributed by atoms with E-state index in [9.17, 15) is 4.79 Å². The molecule has 4 heteroatoms. The van der Waals surface area contributed by atoms with Gasteiger partial charge in [-0.3, -0.25) is 9.20 Å². The number of fused-ring (bicyclic) bond motifs is 2. The Morgan fingerprint density at radius 1 is 1.17 bits per heavy atom. The van der Waals surface area contributed by atoms with E-state index in [1.54, 1.807) is 16.7 Å². The smallest absolute Gasteiger partial charge is 0.258 e. The van der Waals surface area contributed by atoms with Crippen molar-refractivity contribution in [1.29, 1.82) is 0 Å². The van der Waals surface area contributed by atoms with E-state index in [0.29, 0.717) is 12.2 Å². The van der Waals surface area contributed by atoms with Gasteiger partial charge in [0.25, 0.3) is 5.56 Å². The average Bonchev–Trinajstić information content (AvgIpc) is 2.55. The lowest BCUT2D eigenvalue weighted by Crippen LogP contribution is -2.30. The Bertz CT molecular complexity index is 929. The standard InChI is InChI=1S/C19H19N3O/c1-14-7-8-17-15(11-14)5-4-9-21(17)13-16-12-19(23)22-10-3-2-6-18(22)20-16/h2-3,6-8,10-12H,4-5,9,13H2,1H3. The number of nitrogens with zero attached hydrogens (tertiary/aromatic N) is 3. The first-order chi connectivity index (χ1) is 11.2. The van der Waals surface area contributed by atoms with Crippen molar-refractivity contribution in [2.45, 2.75) is 26.3 Å². The molecule has 3 aromatic rings. The normalized spacial score (nSPS) is 14.0. The van der Waals surface area contributed by atoms with Gasteiger partial charge in [0.1, 0.15) is 5.65 Å². The molecule has 23 heavy (non-hydrogen) atoms. The van der Waals surface area contributed by atoms with Crippen molar-refractivity contribution in [3.63, 3.8) is 0 Å². The number of anilines is 1. The SMILES string of the molecule is Cc1ccc2c(c1)CCCN2Cc1cc(=O)n2ccccc2n1. The summed E-state index contributed by atoms with van der Waals surface area (Å²) in [7, 11) is 0. The minimum atomic E-state index is -0.0215. The molecule has 1 aliphatic rings. The minimum absolute atomic E-state index is 0.0215. The van der Waals surface area contributed by atoms with E-state index in [0.717, 1.165) is 25.1 Å². The maximum Gasteiger partial charge on any atom is 0.258 e. The molecule has 4 nitrogen and oxygen atoms in total. The fourth-order valence-electron chi connectivity index (χ4n) is 3.35. The van der Waals surface area contributed by atoms with Crippen LogP contribution in [-0.4, -0.2) is 15.9 Å². The molecular formula is C19H19N3O. The number of rotatable bonds is 2. The molecule has 1 aromatic carbocycles. The predicted molar refractivity (Wildman–Crippen MR) is 92.0 cm³/mol. The lowest BCUT2D eigenvalue weighted by molar-refractivity contribution is 0.682. The van der Waals surface area contributed by atoms with Gasteiger partial charge in [0.2, 0.25) is 0 Å². The zero-order valence-electron chi connectivity index (χ0n) is 13.2. The van der Waals surface area contributed by atoms with Gasteiger partial charge in [0.05, 0.1) is 12.2 Å². The molecule has 4 rings (SSSR count). The monoisotopic (exact) mass is 305 g/mol. The Balaban J connectivity index is 1.71. The van der Waals surface area contributed by atoms with Crippen LogP contribution < -0.4 is 10.5 Å². The number of aromatic nitrogens is 2. The van der Waals surface area contributed by atoms with Gasteiger partial charge >= 0.3 is 0 Å². The van der Waals surface area contributed by atoms with Gasteiger partial charge in [0.15, 0.2) is 0 Å². The van der Waals surface area contributed by atoms with Gasteiger partial charge < -0.3 is 4.90 Å². The maximum atomic E-state index is 12.2. The molecule has 116 valence electrons. The third-order valence-electron chi connectivity index (χ3n) is 4.43. The van der Waals surface area contributed by atoms with Crippen LogP contribution in [0.1, 0.15) is 23.2 Å². The molecule has 0 bridgehead atoms. The van der Waals surface area contributed by atoms with Crippen molar-refractivity contribution in [3.8, 4) is 0 Å². The fourth-order valence-corrected chi connectivity index (χ4v) is 3.35. The minimum Gasteiger partial charge on any atom is -0.365 e. The lowest BCUT2D eigenvalue weighted by atomic mass is 9.99. The van der Waals surface area contributed by atoms with Crippen LogP contribution in [0.3, 0.4) is 0 Å². The molecule has 2 aromatic heterocycles. The predicted octanol–water partition coefficient (Wildman–Crippen LogP) is 2.96. The van der Waals surface area contributed by atoms with E-state index in [1.807, 2.05) is 18.2 Å². The Kier molecular flexibility index (Phi) is 3.37. The third-order valence-corrected chi connectivity index (χ3v) is 4.43. The largest absolute Gasteiger partial charge is 0.365 e. The summed E-state index contributed by atoms with van der Waals surface area (Å²) >= 11 is 0. The number of hydrogen-bond acceptors (Lipinski definition) is 3. The summed E-state index contributed by atoms with van der Waals surface area (Å²) in [6, 6.07) is 13.9. The zero-order chi connectivity index (χ0) is 15.8. The van der Waals surface area contributed by atoms with Crippen molar-refractivity contribution in [1.82, 2.24) is 9.38 Å². The van der Waals surface area contributed by atoms with Gasteiger partial charge in [-0.15, -0.1) is 0 Å². The summed E-state index contributed by atoms with van der Waals surface area (Å²) in [6.45, 7) is 3.81. The van der Waals surface area contributed by atoms with Crippen molar-refractivity contribution >= 4 is 11.3 Å². The summed E-state index contributed by atoms with van der Waals surface area (Å²) in [6.07, 6.45) is 4.03. The Morgan fingerprint density at radius 2 is 2.09 bits per heavy atom. The van der Waals surface area contributed by atoms with Crippen molar-refractivity contribution in [3.05, 3.63) is 75.8 Å². The van der Waals surface area contributed by atoms with Crippen molar-refractivity contribution in [2.24, 2.45) is 0 Å². The van der Waals surface area contributed by atoms with Gasteiger partial charge in [0, 0.05) is 24.5 Å². The first-order valence-corrected chi connectivity index (χ1v) is 8.02. The van der Waals surface area contributed by atoms with E-state index in [4.69, 9.17) is 0 Å². The number of pyridine rings is 1. The summed E-state index contributed by atoms with van der Waals surface area (Å²) in [4.78, 5) is 19.2. The summed E-state index contributed by atoms with van der Waals surface area (Å²) < 4.78 is 1.58. The van der Waals surface area contributed by atoms with E-state index >= 15 is 0 Å².